The molecule has 0 radical (unpaired) electrons. The lowest BCUT2D eigenvalue weighted by Crippen LogP contribution is -1.96. The van der Waals surface area contributed by atoms with E-state index in [0.29, 0.717) is 5.02 Å². The van der Waals surface area contributed by atoms with Gasteiger partial charge >= 0.3 is 0 Å². The number of anilines is 2. The van der Waals surface area contributed by atoms with Gasteiger partial charge in [0.2, 0.25) is 0 Å². The van der Waals surface area contributed by atoms with Crippen LogP contribution in [0.1, 0.15) is 5.56 Å². The molecule has 0 spiro atoms. The summed E-state index contributed by atoms with van der Waals surface area (Å²) in [6.45, 7) is 1.96. The van der Waals surface area contributed by atoms with E-state index in [-0.39, 0.29) is 0 Å². The van der Waals surface area contributed by atoms with Crippen LogP contribution in [0.2, 0.25) is 5.02 Å². The van der Waals surface area contributed by atoms with Crippen molar-refractivity contribution < 1.29 is 9.47 Å². The molecule has 0 unspecified atom stereocenters. The normalized spacial score (nSPS) is 10.1. The number of hydrogen-bond donors (Lipinski definition) is 1. The first kappa shape index (κ1) is 13.6. The van der Waals surface area contributed by atoms with E-state index in [1.165, 1.54) is 0 Å². The fraction of sp³-hybridized carbons (Fsp3) is 0.200. The van der Waals surface area contributed by atoms with Gasteiger partial charge in [-0.1, -0.05) is 23.7 Å². The van der Waals surface area contributed by atoms with Crippen LogP contribution in [-0.4, -0.2) is 14.2 Å². The van der Waals surface area contributed by atoms with Crippen molar-refractivity contribution in [3.63, 3.8) is 0 Å². The smallest absolute Gasteiger partial charge is 0.142 e. The summed E-state index contributed by atoms with van der Waals surface area (Å²) in [6.07, 6.45) is 0. The fourth-order valence-electron chi connectivity index (χ4n) is 1.86. The Bertz CT molecular complexity index is 584. The average Bonchev–Trinajstić information content (AvgIpc) is 2.42. The van der Waals surface area contributed by atoms with E-state index in [9.17, 15) is 0 Å². The van der Waals surface area contributed by atoms with E-state index < -0.39 is 0 Å². The zero-order chi connectivity index (χ0) is 13.8. The van der Waals surface area contributed by atoms with Crippen molar-refractivity contribution in [3.8, 4) is 11.5 Å². The second-order valence-electron chi connectivity index (χ2n) is 4.13. The maximum Gasteiger partial charge on any atom is 0.142 e. The summed E-state index contributed by atoms with van der Waals surface area (Å²) in [4.78, 5) is 0. The zero-order valence-corrected chi connectivity index (χ0v) is 11.9. The summed E-state index contributed by atoms with van der Waals surface area (Å²) in [5.41, 5.74) is 2.64. The second kappa shape index (κ2) is 5.85. The van der Waals surface area contributed by atoms with Gasteiger partial charge in [-0.2, -0.15) is 0 Å². The Kier molecular flexibility index (Phi) is 4.17. The van der Waals surface area contributed by atoms with E-state index in [2.05, 4.69) is 5.32 Å². The minimum absolute atomic E-state index is 0.643. The molecule has 2 aromatic rings. The minimum atomic E-state index is 0.643. The lowest BCUT2D eigenvalue weighted by molar-refractivity contribution is 0.412. The van der Waals surface area contributed by atoms with Crippen LogP contribution >= 0.6 is 11.6 Å². The molecule has 0 saturated heterocycles. The molecule has 0 amide bonds. The van der Waals surface area contributed by atoms with Crippen molar-refractivity contribution in [2.24, 2.45) is 0 Å². The summed E-state index contributed by atoms with van der Waals surface area (Å²) in [7, 11) is 3.28. The predicted molar refractivity (Wildman–Crippen MR) is 79.0 cm³/mol. The molecule has 0 aliphatic carbocycles. The van der Waals surface area contributed by atoms with Gasteiger partial charge in [0.1, 0.15) is 11.5 Å². The van der Waals surface area contributed by atoms with Crippen molar-refractivity contribution in [3.05, 3.63) is 47.0 Å². The van der Waals surface area contributed by atoms with Crippen LogP contribution in [0.4, 0.5) is 11.4 Å². The summed E-state index contributed by atoms with van der Waals surface area (Å²) in [6, 6.07) is 11.4. The molecule has 2 rings (SSSR count). The number of methoxy groups -OCH3 is 2. The third-order valence-corrected chi connectivity index (χ3v) is 3.17. The van der Waals surface area contributed by atoms with Crippen molar-refractivity contribution in [1.82, 2.24) is 0 Å². The number of hydrogen-bond acceptors (Lipinski definition) is 3. The van der Waals surface area contributed by atoms with Gasteiger partial charge in [-0.25, -0.2) is 0 Å². The Labute approximate surface area is 118 Å². The monoisotopic (exact) mass is 277 g/mol. The molecule has 0 bridgehead atoms. The number of aryl methyl sites for hydroxylation is 1. The highest BCUT2D eigenvalue weighted by molar-refractivity contribution is 6.33. The molecular formula is C15H16ClNO2. The molecule has 0 aliphatic rings. The maximum absolute atomic E-state index is 6.25. The van der Waals surface area contributed by atoms with Crippen LogP contribution in [0.5, 0.6) is 11.5 Å². The Balaban J connectivity index is 2.38. The fourth-order valence-corrected chi connectivity index (χ4v) is 2.13. The molecular weight excluding hydrogens is 262 g/mol. The van der Waals surface area contributed by atoms with Crippen LogP contribution < -0.4 is 14.8 Å². The van der Waals surface area contributed by atoms with Gasteiger partial charge in [0, 0.05) is 6.07 Å². The minimum Gasteiger partial charge on any atom is -0.496 e. The molecule has 2 aromatic carbocycles. The molecule has 0 saturated carbocycles. The quantitative estimate of drug-likeness (QED) is 0.898. The molecule has 0 fully saturated rings. The Morgan fingerprint density at radius 3 is 2.32 bits per heavy atom. The van der Waals surface area contributed by atoms with Crippen LogP contribution in [0.25, 0.3) is 0 Å². The number of para-hydroxylation sites is 2. The number of benzene rings is 2. The third kappa shape index (κ3) is 2.93. The number of rotatable bonds is 4. The molecule has 0 aromatic heterocycles. The summed E-state index contributed by atoms with van der Waals surface area (Å²) in [5.74, 6) is 1.56. The molecule has 0 atom stereocenters. The second-order valence-corrected chi connectivity index (χ2v) is 4.53. The molecule has 0 heterocycles. The van der Waals surface area contributed by atoms with E-state index in [4.69, 9.17) is 21.1 Å². The van der Waals surface area contributed by atoms with E-state index >= 15 is 0 Å². The van der Waals surface area contributed by atoms with Crippen molar-refractivity contribution >= 4 is 23.0 Å². The highest BCUT2D eigenvalue weighted by Gasteiger charge is 2.08. The van der Waals surface area contributed by atoms with Gasteiger partial charge in [0.25, 0.3) is 0 Å². The van der Waals surface area contributed by atoms with Gasteiger partial charge in [-0.15, -0.1) is 0 Å². The molecule has 3 nitrogen and oxygen atoms in total. The predicted octanol–water partition coefficient (Wildman–Crippen LogP) is 4.41. The highest BCUT2D eigenvalue weighted by Crippen LogP contribution is 2.34. The van der Waals surface area contributed by atoms with Gasteiger partial charge in [0.15, 0.2) is 0 Å². The van der Waals surface area contributed by atoms with Crippen LogP contribution in [-0.2, 0) is 0 Å². The molecule has 100 valence electrons. The molecule has 0 aliphatic heterocycles. The van der Waals surface area contributed by atoms with Crippen LogP contribution in [0.15, 0.2) is 36.4 Å². The highest BCUT2D eigenvalue weighted by atomic mass is 35.5. The lowest BCUT2D eigenvalue weighted by atomic mass is 10.2. The van der Waals surface area contributed by atoms with Gasteiger partial charge in [-0.3, -0.25) is 0 Å². The topological polar surface area (TPSA) is 30.5 Å². The SMILES string of the molecule is COc1cc(Nc2ccccc2OC)c(Cl)cc1C. The van der Waals surface area contributed by atoms with Crippen LogP contribution in [0.3, 0.4) is 0 Å². The summed E-state index contributed by atoms with van der Waals surface area (Å²) in [5, 5.41) is 3.90. The molecule has 19 heavy (non-hydrogen) atoms. The third-order valence-electron chi connectivity index (χ3n) is 2.86. The first-order valence-corrected chi connectivity index (χ1v) is 6.27. The van der Waals surface area contributed by atoms with Crippen molar-refractivity contribution in [2.45, 2.75) is 6.92 Å². The van der Waals surface area contributed by atoms with E-state index in [1.54, 1.807) is 14.2 Å². The zero-order valence-electron chi connectivity index (χ0n) is 11.2. The maximum atomic E-state index is 6.25. The van der Waals surface area contributed by atoms with Gasteiger partial charge in [0.05, 0.1) is 30.6 Å². The van der Waals surface area contributed by atoms with Crippen molar-refractivity contribution in [2.75, 3.05) is 19.5 Å². The molecule has 1 N–H and O–H groups in total. The Morgan fingerprint density at radius 1 is 0.947 bits per heavy atom. The van der Waals surface area contributed by atoms with E-state index in [1.807, 2.05) is 43.3 Å². The number of nitrogens with one attached hydrogen (secondary N) is 1. The lowest BCUT2D eigenvalue weighted by Gasteiger charge is -2.14. The van der Waals surface area contributed by atoms with Crippen molar-refractivity contribution in [1.29, 1.82) is 0 Å². The number of halogens is 1. The standard InChI is InChI=1S/C15H16ClNO2/c1-10-8-11(16)13(9-15(10)19-3)17-12-6-4-5-7-14(12)18-2/h4-9,17H,1-3H3. The average molecular weight is 278 g/mol. The first-order chi connectivity index (χ1) is 9.15. The Hall–Kier alpha value is -1.87. The summed E-state index contributed by atoms with van der Waals surface area (Å²) < 4.78 is 10.6. The van der Waals surface area contributed by atoms with Gasteiger partial charge in [-0.05, 0) is 30.7 Å². The van der Waals surface area contributed by atoms with Gasteiger partial charge < -0.3 is 14.8 Å². The van der Waals surface area contributed by atoms with E-state index in [0.717, 1.165) is 28.4 Å². The van der Waals surface area contributed by atoms with Crippen LogP contribution in [0, 0.1) is 6.92 Å². The number of ether oxygens (including phenoxy) is 2. The first-order valence-electron chi connectivity index (χ1n) is 5.90. The summed E-state index contributed by atoms with van der Waals surface area (Å²) >= 11 is 6.25. The Morgan fingerprint density at radius 2 is 1.63 bits per heavy atom. The molecule has 4 heteroatoms. The largest absolute Gasteiger partial charge is 0.496 e.